The average molecular weight is 373 g/mol. The normalized spacial score (nSPS) is 10.2. The lowest BCUT2D eigenvalue weighted by Gasteiger charge is -2.13. The van der Waals surface area contributed by atoms with Crippen LogP contribution in [-0.4, -0.2) is 18.4 Å². The highest BCUT2D eigenvalue weighted by Crippen LogP contribution is 2.18. The summed E-state index contributed by atoms with van der Waals surface area (Å²) in [4.78, 5) is 24.9. The van der Waals surface area contributed by atoms with Crippen molar-refractivity contribution in [2.24, 2.45) is 0 Å². The van der Waals surface area contributed by atoms with Gasteiger partial charge in [-0.1, -0.05) is 48.0 Å². The van der Waals surface area contributed by atoms with Gasteiger partial charge in [0.1, 0.15) is 0 Å². The van der Waals surface area contributed by atoms with Gasteiger partial charge < -0.3 is 16.0 Å². The Morgan fingerprint density at radius 3 is 2.25 bits per heavy atom. The molecule has 0 bridgehead atoms. The second kappa shape index (κ2) is 8.86. The minimum absolute atomic E-state index is 0.0585. The standard InChI is InChI=1S/C23H23N3O2/c1-16-12-13-20(17(2)14-16)26-22(27)15-24-21-11-7-6-10-19(21)23(28)25-18-8-4-3-5-9-18/h3-14,24H,15H2,1-2H3,(H,25,28)(H,26,27). The van der Waals surface area contributed by atoms with E-state index in [0.717, 1.165) is 22.5 Å². The van der Waals surface area contributed by atoms with Crippen molar-refractivity contribution in [1.29, 1.82) is 0 Å². The van der Waals surface area contributed by atoms with Gasteiger partial charge in [0.15, 0.2) is 0 Å². The smallest absolute Gasteiger partial charge is 0.257 e. The zero-order chi connectivity index (χ0) is 19.9. The SMILES string of the molecule is Cc1ccc(NC(=O)CNc2ccccc2C(=O)Nc2ccccc2)c(C)c1. The fourth-order valence-corrected chi connectivity index (χ4v) is 2.88. The molecule has 0 saturated carbocycles. The van der Waals surface area contributed by atoms with E-state index in [4.69, 9.17) is 0 Å². The first kappa shape index (κ1) is 19.2. The van der Waals surface area contributed by atoms with E-state index in [1.165, 1.54) is 0 Å². The highest BCUT2D eigenvalue weighted by molar-refractivity contribution is 6.08. The number of nitrogens with one attached hydrogen (secondary N) is 3. The van der Waals surface area contributed by atoms with Crippen LogP contribution in [-0.2, 0) is 4.79 Å². The van der Waals surface area contributed by atoms with Crippen molar-refractivity contribution < 1.29 is 9.59 Å². The van der Waals surface area contributed by atoms with Gasteiger partial charge in [-0.3, -0.25) is 9.59 Å². The molecule has 28 heavy (non-hydrogen) atoms. The van der Waals surface area contributed by atoms with Crippen molar-refractivity contribution in [1.82, 2.24) is 0 Å². The summed E-state index contributed by atoms with van der Waals surface area (Å²) in [7, 11) is 0. The molecule has 0 heterocycles. The summed E-state index contributed by atoms with van der Waals surface area (Å²) in [5.74, 6) is -0.408. The number of benzene rings is 3. The molecule has 0 saturated heterocycles. The molecule has 3 rings (SSSR count). The van der Waals surface area contributed by atoms with Crippen LogP contribution >= 0.6 is 0 Å². The Kier molecular flexibility index (Phi) is 6.07. The maximum atomic E-state index is 12.6. The Morgan fingerprint density at radius 2 is 1.50 bits per heavy atom. The largest absolute Gasteiger partial charge is 0.376 e. The first-order chi connectivity index (χ1) is 13.5. The minimum Gasteiger partial charge on any atom is -0.376 e. The molecule has 0 unspecified atom stereocenters. The molecule has 0 spiro atoms. The molecule has 3 aromatic carbocycles. The van der Waals surface area contributed by atoms with Crippen LogP contribution in [0.5, 0.6) is 0 Å². The monoisotopic (exact) mass is 373 g/mol. The lowest BCUT2D eigenvalue weighted by molar-refractivity contribution is -0.114. The third-order valence-corrected chi connectivity index (χ3v) is 4.30. The van der Waals surface area contributed by atoms with Crippen molar-refractivity contribution in [3.8, 4) is 0 Å². The van der Waals surface area contributed by atoms with E-state index in [2.05, 4.69) is 16.0 Å². The maximum absolute atomic E-state index is 12.6. The van der Waals surface area contributed by atoms with E-state index in [1.54, 1.807) is 18.2 Å². The summed E-state index contributed by atoms with van der Waals surface area (Å²) in [5.41, 5.74) is 4.74. The van der Waals surface area contributed by atoms with Gasteiger partial charge in [-0.15, -0.1) is 0 Å². The van der Waals surface area contributed by atoms with E-state index < -0.39 is 0 Å². The zero-order valence-electron chi connectivity index (χ0n) is 16.0. The Morgan fingerprint density at radius 1 is 0.786 bits per heavy atom. The number of para-hydroxylation sites is 2. The number of amides is 2. The molecule has 0 aliphatic heterocycles. The van der Waals surface area contributed by atoms with Crippen molar-refractivity contribution >= 4 is 28.9 Å². The maximum Gasteiger partial charge on any atom is 0.257 e. The number of rotatable bonds is 6. The minimum atomic E-state index is -0.232. The van der Waals surface area contributed by atoms with Gasteiger partial charge in [0.2, 0.25) is 5.91 Å². The van der Waals surface area contributed by atoms with Crippen molar-refractivity contribution in [2.75, 3.05) is 22.5 Å². The average Bonchev–Trinajstić information content (AvgIpc) is 2.69. The van der Waals surface area contributed by atoms with Crippen molar-refractivity contribution in [2.45, 2.75) is 13.8 Å². The quantitative estimate of drug-likeness (QED) is 0.591. The predicted octanol–water partition coefficient (Wildman–Crippen LogP) is 4.61. The van der Waals surface area contributed by atoms with Gasteiger partial charge in [0.25, 0.3) is 5.91 Å². The van der Waals surface area contributed by atoms with E-state index >= 15 is 0 Å². The van der Waals surface area contributed by atoms with E-state index in [0.29, 0.717) is 11.3 Å². The summed E-state index contributed by atoms with van der Waals surface area (Å²) in [6.45, 7) is 4.03. The summed E-state index contributed by atoms with van der Waals surface area (Å²) in [5, 5.41) is 8.81. The van der Waals surface area contributed by atoms with Crippen molar-refractivity contribution in [3.05, 3.63) is 89.5 Å². The third-order valence-electron chi connectivity index (χ3n) is 4.30. The summed E-state index contributed by atoms with van der Waals surface area (Å²) in [6, 6.07) is 22.2. The molecule has 3 aromatic rings. The summed E-state index contributed by atoms with van der Waals surface area (Å²) >= 11 is 0. The molecule has 0 aliphatic rings. The molecule has 3 N–H and O–H groups in total. The van der Waals surface area contributed by atoms with Gasteiger partial charge in [-0.05, 0) is 49.7 Å². The lowest BCUT2D eigenvalue weighted by Crippen LogP contribution is -2.23. The highest BCUT2D eigenvalue weighted by atomic mass is 16.2. The molecule has 5 nitrogen and oxygen atoms in total. The Balaban J connectivity index is 1.64. The number of hydrogen-bond acceptors (Lipinski definition) is 3. The van der Waals surface area contributed by atoms with Crippen molar-refractivity contribution in [3.63, 3.8) is 0 Å². The molecule has 5 heteroatoms. The Labute approximate surface area is 164 Å². The number of aryl methyl sites for hydroxylation is 2. The van der Waals surface area contributed by atoms with Crippen LogP contribution in [0.25, 0.3) is 0 Å². The summed E-state index contributed by atoms with van der Waals surface area (Å²) < 4.78 is 0. The predicted molar refractivity (Wildman–Crippen MR) is 114 cm³/mol. The van der Waals surface area contributed by atoms with Crippen LogP contribution in [0.1, 0.15) is 21.5 Å². The van der Waals surface area contributed by atoms with Crippen LogP contribution in [0.4, 0.5) is 17.1 Å². The zero-order valence-corrected chi connectivity index (χ0v) is 16.0. The fraction of sp³-hybridized carbons (Fsp3) is 0.130. The molecular formula is C23H23N3O2. The lowest BCUT2D eigenvalue weighted by atomic mass is 10.1. The van der Waals surface area contributed by atoms with Crippen LogP contribution in [0, 0.1) is 13.8 Å². The Hall–Kier alpha value is -3.60. The second-order valence-corrected chi connectivity index (χ2v) is 6.59. The molecular weight excluding hydrogens is 350 g/mol. The van der Waals surface area contributed by atoms with Crippen LogP contribution < -0.4 is 16.0 Å². The van der Waals surface area contributed by atoms with E-state index in [1.807, 2.05) is 68.4 Å². The summed E-state index contributed by atoms with van der Waals surface area (Å²) in [6.07, 6.45) is 0. The second-order valence-electron chi connectivity index (χ2n) is 6.59. The number of carbonyl (C=O) groups is 2. The first-order valence-corrected chi connectivity index (χ1v) is 9.09. The number of anilines is 3. The van der Waals surface area contributed by atoms with Gasteiger partial charge in [-0.25, -0.2) is 0 Å². The molecule has 2 amide bonds. The molecule has 142 valence electrons. The van der Waals surface area contributed by atoms with Gasteiger partial charge in [0, 0.05) is 17.1 Å². The number of carbonyl (C=O) groups excluding carboxylic acids is 2. The van der Waals surface area contributed by atoms with Gasteiger partial charge in [-0.2, -0.15) is 0 Å². The number of hydrogen-bond donors (Lipinski definition) is 3. The molecule has 0 aliphatic carbocycles. The molecule has 0 radical (unpaired) electrons. The van der Waals surface area contributed by atoms with E-state index in [9.17, 15) is 9.59 Å². The molecule has 0 atom stereocenters. The van der Waals surface area contributed by atoms with Gasteiger partial charge in [0.05, 0.1) is 12.1 Å². The highest BCUT2D eigenvalue weighted by Gasteiger charge is 2.12. The van der Waals surface area contributed by atoms with E-state index in [-0.39, 0.29) is 18.4 Å². The molecule has 0 fully saturated rings. The molecule has 0 aromatic heterocycles. The van der Waals surface area contributed by atoms with Crippen LogP contribution in [0.2, 0.25) is 0 Å². The van der Waals surface area contributed by atoms with Crippen LogP contribution in [0.15, 0.2) is 72.8 Å². The van der Waals surface area contributed by atoms with Gasteiger partial charge >= 0.3 is 0 Å². The first-order valence-electron chi connectivity index (χ1n) is 9.09. The fourth-order valence-electron chi connectivity index (χ4n) is 2.88. The third kappa shape index (κ3) is 4.98. The van der Waals surface area contributed by atoms with Crippen LogP contribution in [0.3, 0.4) is 0 Å². The Bertz CT molecular complexity index is 984. The topological polar surface area (TPSA) is 70.2 Å².